The average Bonchev–Trinajstić information content (AvgIpc) is 2.95. The lowest BCUT2D eigenvalue weighted by Crippen LogP contribution is -2.15. The molecular formula is C18H17NO4S. The minimum Gasteiger partial charge on any atom is -0.490 e. The molecule has 0 saturated carbocycles. The molecule has 0 amide bonds. The first-order valence-corrected chi connectivity index (χ1v) is 9.31. The van der Waals surface area contributed by atoms with Crippen LogP contribution in [0, 0.1) is 11.3 Å². The smallest absolute Gasteiger partial charge is 0.264 e. The molecule has 1 aliphatic heterocycles. The summed E-state index contributed by atoms with van der Waals surface area (Å²) in [5.74, 6) is 0.587. The van der Waals surface area contributed by atoms with E-state index in [2.05, 4.69) is 12.1 Å². The predicted molar refractivity (Wildman–Crippen MR) is 90.4 cm³/mol. The number of nitrogens with zero attached hydrogens (tertiary/aromatic N) is 1. The molecule has 1 aliphatic rings. The number of benzene rings is 2. The van der Waals surface area contributed by atoms with E-state index in [1.165, 1.54) is 0 Å². The second-order valence-electron chi connectivity index (χ2n) is 5.88. The Balaban J connectivity index is 1.68. The Kier molecular flexibility index (Phi) is 4.56. The molecule has 24 heavy (non-hydrogen) atoms. The van der Waals surface area contributed by atoms with Crippen LogP contribution in [0.4, 0.5) is 0 Å². The Labute approximate surface area is 141 Å². The number of rotatable bonds is 5. The van der Waals surface area contributed by atoms with Gasteiger partial charge in [-0.1, -0.05) is 18.2 Å². The maximum atomic E-state index is 10.8. The van der Waals surface area contributed by atoms with Crippen molar-refractivity contribution in [2.75, 3.05) is 5.75 Å². The maximum absolute atomic E-state index is 10.8. The van der Waals surface area contributed by atoms with Crippen LogP contribution >= 0.6 is 0 Å². The molecule has 3 rings (SSSR count). The maximum Gasteiger partial charge on any atom is 0.264 e. The van der Waals surface area contributed by atoms with Crippen molar-refractivity contribution in [2.45, 2.75) is 25.4 Å². The molecule has 0 fully saturated rings. The summed E-state index contributed by atoms with van der Waals surface area (Å²) in [6, 6.07) is 15.5. The Bertz CT molecular complexity index is 882. The molecule has 1 heterocycles. The Morgan fingerprint density at radius 1 is 1.17 bits per heavy atom. The molecular weight excluding hydrogens is 326 g/mol. The average molecular weight is 343 g/mol. The number of hydrogen-bond donors (Lipinski definition) is 1. The molecule has 1 unspecified atom stereocenters. The van der Waals surface area contributed by atoms with Crippen molar-refractivity contribution in [2.24, 2.45) is 0 Å². The van der Waals surface area contributed by atoms with Gasteiger partial charge in [0, 0.05) is 6.42 Å². The van der Waals surface area contributed by atoms with Crippen LogP contribution in [0.2, 0.25) is 0 Å². The molecule has 0 spiro atoms. The first kappa shape index (κ1) is 16.5. The SMILES string of the molecule is N#Cc1ccc(-c2ccc3c(c2)CC(CCCS(=O)(=O)O)O3)cc1. The molecule has 0 aliphatic carbocycles. The molecule has 1 atom stereocenters. The fourth-order valence-corrected chi connectivity index (χ4v) is 3.42. The zero-order chi connectivity index (χ0) is 17.2. The van der Waals surface area contributed by atoms with Crippen LogP contribution in [-0.2, 0) is 16.5 Å². The summed E-state index contributed by atoms with van der Waals surface area (Å²) in [5.41, 5.74) is 3.81. The van der Waals surface area contributed by atoms with Crippen molar-refractivity contribution in [1.82, 2.24) is 0 Å². The van der Waals surface area contributed by atoms with Gasteiger partial charge >= 0.3 is 0 Å². The highest BCUT2D eigenvalue weighted by Gasteiger charge is 2.23. The minimum atomic E-state index is -3.91. The van der Waals surface area contributed by atoms with Crippen molar-refractivity contribution < 1.29 is 17.7 Å². The van der Waals surface area contributed by atoms with Gasteiger partial charge in [0.25, 0.3) is 10.1 Å². The molecule has 2 aromatic rings. The van der Waals surface area contributed by atoms with Gasteiger partial charge in [-0.05, 0) is 53.8 Å². The number of hydrogen-bond acceptors (Lipinski definition) is 4. The van der Waals surface area contributed by atoms with Gasteiger partial charge in [-0.15, -0.1) is 0 Å². The Morgan fingerprint density at radius 3 is 2.54 bits per heavy atom. The Hall–Kier alpha value is -2.36. The van der Waals surface area contributed by atoms with Crippen LogP contribution in [0.3, 0.4) is 0 Å². The van der Waals surface area contributed by atoms with E-state index in [0.29, 0.717) is 18.4 Å². The van der Waals surface area contributed by atoms with Crippen LogP contribution in [0.15, 0.2) is 42.5 Å². The van der Waals surface area contributed by atoms with E-state index in [9.17, 15) is 8.42 Å². The van der Waals surface area contributed by atoms with Crippen molar-refractivity contribution >= 4 is 10.1 Å². The summed E-state index contributed by atoms with van der Waals surface area (Å²) < 4.78 is 36.1. The first-order valence-electron chi connectivity index (χ1n) is 7.70. The van der Waals surface area contributed by atoms with Crippen molar-refractivity contribution in [1.29, 1.82) is 5.26 Å². The number of nitriles is 1. The minimum absolute atomic E-state index is 0.0574. The van der Waals surface area contributed by atoms with Crippen molar-refractivity contribution in [3.8, 4) is 22.9 Å². The summed E-state index contributed by atoms with van der Waals surface area (Å²) in [4.78, 5) is 0. The molecule has 124 valence electrons. The molecule has 6 heteroatoms. The molecule has 0 bridgehead atoms. The first-order chi connectivity index (χ1) is 11.4. The number of ether oxygens (including phenoxy) is 1. The second kappa shape index (κ2) is 6.63. The predicted octanol–water partition coefficient (Wildman–Crippen LogP) is 3.20. The van der Waals surface area contributed by atoms with Crippen LogP contribution < -0.4 is 4.74 Å². The van der Waals surface area contributed by atoms with Crippen LogP contribution in [0.1, 0.15) is 24.0 Å². The lowest BCUT2D eigenvalue weighted by molar-refractivity contribution is 0.220. The van der Waals surface area contributed by atoms with E-state index >= 15 is 0 Å². The van der Waals surface area contributed by atoms with Crippen LogP contribution in [-0.4, -0.2) is 24.8 Å². The number of fused-ring (bicyclic) bond motifs is 1. The fourth-order valence-electron chi connectivity index (χ4n) is 2.89. The van der Waals surface area contributed by atoms with E-state index in [4.69, 9.17) is 14.6 Å². The van der Waals surface area contributed by atoms with Gasteiger partial charge in [0.15, 0.2) is 0 Å². The highest BCUT2D eigenvalue weighted by molar-refractivity contribution is 7.85. The zero-order valence-electron chi connectivity index (χ0n) is 13.0. The highest BCUT2D eigenvalue weighted by atomic mass is 32.2. The molecule has 0 aromatic heterocycles. The summed E-state index contributed by atoms with van der Waals surface area (Å²) in [6.45, 7) is 0. The molecule has 5 nitrogen and oxygen atoms in total. The highest BCUT2D eigenvalue weighted by Crippen LogP contribution is 2.34. The van der Waals surface area contributed by atoms with Crippen molar-refractivity contribution in [3.63, 3.8) is 0 Å². The fraction of sp³-hybridized carbons (Fsp3) is 0.278. The molecule has 2 aromatic carbocycles. The summed E-state index contributed by atoms with van der Waals surface area (Å²) in [6.07, 6.45) is 1.63. The standard InChI is InChI=1S/C18H17NO4S/c19-12-13-3-5-14(6-4-13)15-7-8-18-16(10-15)11-17(23-18)2-1-9-24(20,21)22/h3-8,10,17H,1-2,9,11H2,(H,20,21,22). The van der Waals surface area contributed by atoms with Gasteiger partial charge in [0.05, 0.1) is 17.4 Å². The van der Waals surface area contributed by atoms with E-state index in [1.54, 1.807) is 12.1 Å². The van der Waals surface area contributed by atoms with E-state index in [1.807, 2.05) is 24.3 Å². The van der Waals surface area contributed by atoms with Crippen LogP contribution in [0.5, 0.6) is 5.75 Å². The summed E-state index contributed by atoms with van der Waals surface area (Å²) >= 11 is 0. The van der Waals surface area contributed by atoms with E-state index < -0.39 is 10.1 Å². The largest absolute Gasteiger partial charge is 0.490 e. The lowest BCUT2D eigenvalue weighted by atomic mass is 9.99. The summed E-state index contributed by atoms with van der Waals surface area (Å²) in [5, 5.41) is 8.86. The molecule has 0 saturated heterocycles. The molecule has 1 N–H and O–H groups in total. The Morgan fingerprint density at radius 2 is 1.88 bits per heavy atom. The van der Waals surface area contributed by atoms with E-state index in [-0.39, 0.29) is 11.9 Å². The third kappa shape index (κ3) is 3.94. The van der Waals surface area contributed by atoms with E-state index in [0.717, 1.165) is 28.9 Å². The molecule has 0 radical (unpaired) electrons. The van der Waals surface area contributed by atoms with Gasteiger partial charge in [-0.2, -0.15) is 13.7 Å². The lowest BCUT2D eigenvalue weighted by Gasteiger charge is -2.09. The van der Waals surface area contributed by atoms with Gasteiger partial charge in [-0.25, -0.2) is 0 Å². The normalized spacial score (nSPS) is 16.2. The topological polar surface area (TPSA) is 87.4 Å². The van der Waals surface area contributed by atoms with Gasteiger partial charge in [0.2, 0.25) is 0 Å². The third-order valence-electron chi connectivity index (χ3n) is 4.08. The quantitative estimate of drug-likeness (QED) is 0.842. The van der Waals surface area contributed by atoms with Crippen LogP contribution in [0.25, 0.3) is 11.1 Å². The second-order valence-corrected chi connectivity index (χ2v) is 7.46. The van der Waals surface area contributed by atoms with Gasteiger partial charge < -0.3 is 4.74 Å². The third-order valence-corrected chi connectivity index (χ3v) is 4.88. The summed E-state index contributed by atoms with van der Waals surface area (Å²) in [7, 11) is -3.91. The van der Waals surface area contributed by atoms with Gasteiger partial charge in [0.1, 0.15) is 11.9 Å². The monoisotopic (exact) mass is 343 g/mol. The zero-order valence-corrected chi connectivity index (χ0v) is 13.8. The van der Waals surface area contributed by atoms with Crippen molar-refractivity contribution in [3.05, 3.63) is 53.6 Å². The van der Waals surface area contributed by atoms with Gasteiger partial charge in [-0.3, -0.25) is 4.55 Å².